The molecular formula is C10H20N2O3. The first-order valence-electron chi connectivity index (χ1n) is 5.43. The summed E-state index contributed by atoms with van der Waals surface area (Å²) >= 11 is 0. The number of hydrogen-bond acceptors (Lipinski definition) is 4. The van der Waals surface area contributed by atoms with Crippen LogP contribution in [-0.4, -0.2) is 56.4 Å². The maximum absolute atomic E-state index is 11.5. The molecule has 0 aromatic rings. The fraction of sp³-hybridized carbons (Fsp3) is 0.900. The van der Waals surface area contributed by atoms with Crippen LogP contribution in [0.15, 0.2) is 0 Å². The number of carbonyl (C=O) groups is 1. The van der Waals surface area contributed by atoms with E-state index < -0.39 is 0 Å². The summed E-state index contributed by atoms with van der Waals surface area (Å²) in [5.41, 5.74) is 5.70. The maximum Gasteiger partial charge on any atom is 0.248 e. The molecule has 0 saturated carbocycles. The highest BCUT2D eigenvalue weighted by Crippen LogP contribution is 2.06. The molecule has 1 fully saturated rings. The Morgan fingerprint density at radius 1 is 1.47 bits per heavy atom. The third-order valence-corrected chi connectivity index (χ3v) is 2.38. The molecule has 0 aliphatic carbocycles. The Kier molecular flexibility index (Phi) is 5.60. The Morgan fingerprint density at radius 3 is 2.80 bits per heavy atom. The number of nitrogens with zero attached hydrogens (tertiary/aromatic N) is 1. The van der Waals surface area contributed by atoms with Crippen molar-refractivity contribution in [1.29, 1.82) is 0 Å². The SMILES string of the molecule is CCOCCOCC(=O)N1CC[C@@H](N)C1. The van der Waals surface area contributed by atoms with Gasteiger partial charge in [0.1, 0.15) is 6.61 Å². The monoisotopic (exact) mass is 216 g/mol. The highest BCUT2D eigenvalue weighted by molar-refractivity contribution is 5.77. The maximum atomic E-state index is 11.5. The number of ether oxygens (including phenoxy) is 2. The van der Waals surface area contributed by atoms with E-state index in [2.05, 4.69) is 0 Å². The molecule has 15 heavy (non-hydrogen) atoms. The number of amides is 1. The van der Waals surface area contributed by atoms with E-state index in [1.54, 1.807) is 4.90 Å². The predicted molar refractivity (Wildman–Crippen MR) is 56.5 cm³/mol. The molecule has 1 saturated heterocycles. The van der Waals surface area contributed by atoms with Gasteiger partial charge in [-0.1, -0.05) is 0 Å². The first-order chi connectivity index (χ1) is 7.24. The van der Waals surface area contributed by atoms with Gasteiger partial charge >= 0.3 is 0 Å². The van der Waals surface area contributed by atoms with Crippen molar-refractivity contribution in [3.63, 3.8) is 0 Å². The molecule has 1 rings (SSSR count). The molecular weight excluding hydrogens is 196 g/mol. The molecule has 1 aliphatic heterocycles. The van der Waals surface area contributed by atoms with Gasteiger partial charge in [0.25, 0.3) is 0 Å². The Bertz CT molecular complexity index is 199. The van der Waals surface area contributed by atoms with Crippen molar-refractivity contribution in [1.82, 2.24) is 4.90 Å². The second kappa shape index (κ2) is 6.76. The number of hydrogen-bond donors (Lipinski definition) is 1. The normalized spacial score (nSPS) is 20.9. The van der Waals surface area contributed by atoms with Crippen LogP contribution in [-0.2, 0) is 14.3 Å². The van der Waals surface area contributed by atoms with E-state index in [9.17, 15) is 4.79 Å². The lowest BCUT2D eigenvalue weighted by Crippen LogP contribution is -2.34. The van der Waals surface area contributed by atoms with Crippen LogP contribution in [0.5, 0.6) is 0 Å². The summed E-state index contributed by atoms with van der Waals surface area (Å²) < 4.78 is 10.3. The van der Waals surface area contributed by atoms with Gasteiger partial charge in [-0.2, -0.15) is 0 Å². The minimum Gasteiger partial charge on any atom is -0.379 e. The first kappa shape index (κ1) is 12.4. The van der Waals surface area contributed by atoms with Crippen LogP contribution in [0, 0.1) is 0 Å². The zero-order valence-electron chi connectivity index (χ0n) is 9.28. The molecule has 1 atom stereocenters. The van der Waals surface area contributed by atoms with Crippen molar-refractivity contribution in [3.8, 4) is 0 Å². The van der Waals surface area contributed by atoms with Crippen LogP contribution >= 0.6 is 0 Å². The third kappa shape index (κ3) is 4.59. The number of rotatable bonds is 6. The van der Waals surface area contributed by atoms with Gasteiger partial charge in [-0.25, -0.2) is 0 Å². The Labute approximate surface area is 90.5 Å². The van der Waals surface area contributed by atoms with Crippen molar-refractivity contribution >= 4 is 5.91 Å². The molecule has 0 bridgehead atoms. The highest BCUT2D eigenvalue weighted by Gasteiger charge is 2.23. The zero-order chi connectivity index (χ0) is 11.1. The van der Waals surface area contributed by atoms with E-state index >= 15 is 0 Å². The molecule has 5 heteroatoms. The largest absolute Gasteiger partial charge is 0.379 e. The Hall–Kier alpha value is -0.650. The van der Waals surface area contributed by atoms with Gasteiger partial charge < -0.3 is 20.1 Å². The van der Waals surface area contributed by atoms with Gasteiger partial charge in [0, 0.05) is 25.7 Å². The van der Waals surface area contributed by atoms with Crippen LogP contribution in [0.2, 0.25) is 0 Å². The lowest BCUT2D eigenvalue weighted by atomic mass is 10.3. The number of carbonyl (C=O) groups excluding carboxylic acids is 1. The molecule has 2 N–H and O–H groups in total. The molecule has 0 radical (unpaired) electrons. The summed E-state index contributed by atoms with van der Waals surface area (Å²) in [5.74, 6) is 0.0273. The third-order valence-electron chi connectivity index (χ3n) is 2.38. The average molecular weight is 216 g/mol. The van der Waals surface area contributed by atoms with Crippen LogP contribution < -0.4 is 5.73 Å². The van der Waals surface area contributed by atoms with E-state index in [0.29, 0.717) is 26.4 Å². The van der Waals surface area contributed by atoms with Crippen molar-refractivity contribution in [3.05, 3.63) is 0 Å². The summed E-state index contributed by atoms with van der Waals surface area (Å²) in [6.45, 7) is 5.18. The second-order valence-corrected chi connectivity index (χ2v) is 3.64. The van der Waals surface area contributed by atoms with Gasteiger partial charge in [0.05, 0.1) is 13.2 Å². The summed E-state index contributed by atoms with van der Waals surface area (Å²) in [4.78, 5) is 13.3. The molecule has 0 aromatic carbocycles. The number of likely N-dealkylation sites (tertiary alicyclic amines) is 1. The molecule has 88 valence electrons. The first-order valence-corrected chi connectivity index (χ1v) is 5.43. The van der Waals surface area contributed by atoms with Crippen molar-refractivity contribution in [2.75, 3.05) is 39.5 Å². The smallest absolute Gasteiger partial charge is 0.248 e. The Morgan fingerprint density at radius 2 is 2.20 bits per heavy atom. The topological polar surface area (TPSA) is 64.8 Å². The quantitative estimate of drug-likeness (QED) is 0.614. The van der Waals surface area contributed by atoms with Gasteiger partial charge in [0.2, 0.25) is 5.91 Å². The molecule has 0 aromatic heterocycles. The summed E-state index contributed by atoms with van der Waals surface area (Å²) in [6, 6.07) is 0.136. The van der Waals surface area contributed by atoms with E-state index in [1.165, 1.54) is 0 Å². The summed E-state index contributed by atoms with van der Waals surface area (Å²) in [5, 5.41) is 0. The second-order valence-electron chi connectivity index (χ2n) is 3.64. The summed E-state index contributed by atoms with van der Waals surface area (Å²) in [6.07, 6.45) is 0.894. The minimum absolute atomic E-state index is 0.0273. The van der Waals surface area contributed by atoms with Gasteiger partial charge in [0.15, 0.2) is 0 Å². The van der Waals surface area contributed by atoms with E-state index in [4.69, 9.17) is 15.2 Å². The number of nitrogens with two attached hydrogens (primary N) is 1. The predicted octanol–water partition coefficient (Wildman–Crippen LogP) is -0.401. The molecule has 0 unspecified atom stereocenters. The fourth-order valence-electron chi connectivity index (χ4n) is 1.53. The fourth-order valence-corrected chi connectivity index (χ4v) is 1.53. The van der Waals surface area contributed by atoms with Crippen molar-refractivity contribution < 1.29 is 14.3 Å². The van der Waals surface area contributed by atoms with Crippen LogP contribution in [0.4, 0.5) is 0 Å². The van der Waals surface area contributed by atoms with Crippen LogP contribution in [0.1, 0.15) is 13.3 Å². The molecule has 1 heterocycles. The van der Waals surface area contributed by atoms with Gasteiger partial charge in [-0.15, -0.1) is 0 Å². The van der Waals surface area contributed by atoms with Crippen LogP contribution in [0.3, 0.4) is 0 Å². The van der Waals surface area contributed by atoms with Crippen molar-refractivity contribution in [2.45, 2.75) is 19.4 Å². The minimum atomic E-state index is 0.0273. The van der Waals surface area contributed by atoms with E-state index in [1.807, 2.05) is 6.92 Å². The van der Waals surface area contributed by atoms with Crippen molar-refractivity contribution in [2.24, 2.45) is 5.73 Å². The summed E-state index contributed by atoms with van der Waals surface area (Å²) in [7, 11) is 0. The zero-order valence-corrected chi connectivity index (χ0v) is 9.28. The molecule has 1 aliphatic rings. The van der Waals surface area contributed by atoms with Gasteiger partial charge in [-0.05, 0) is 13.3 Å². The van der Waals surface area contributed by atoms with E-state index in [0.717, 1.165) is 13.0 Å². The molecule has 5 nitrogen and oxygen atoms in total. The standard InChI is InChI=1S/C10H20N2O3/c1-2-14-5-6-15-8-10(13)12-4-3-9(11)7-12/h9H,2-8,11H2,1H3/t9-/m1/s1. The van der Waals surface area contributed by atoms with Gasteiger partial charge in [-0.3, -0.25) is 4.79 Å². The average Bonchev–Trinajstić information content (AvgIpc) is 2.64. The van der Waals surface area contributed by atoms with E-state index in [-0.39, 0.29) is 18.6 Å². The molecule has 0 spiro atoms. The lowest BCUT2D eigenvalue weighted by Gasteiger charge is -2.15. The lowest BCUT2D eigenvalue weighted by molar-refractivity contribution is -0.135. The Balaban J connectivity index is 2.03. The highest BCUT2D eigenvalue weighted by atomic mass is 16.5. The molecule has 1 amide bonds. The van der Waals surface area contributed by atoms with Crippen LogP contribution in [0.25, 0.3) is 0 Å².